The molecule has 1 N–H and O–H groups in total. The molecule has 0 spiro atoms. The van der Waals surface area contributed by atoms with E-state index in [4.69, 9.17) is 4.74 Å². The van der Waals surface area contributed by atoms with E-state index in [0.29, 0.717) is 29.9 Å². The molecule has 5 atom stereocenters. The molecule has 3 fully saturated rings. The molecule has 0 aromatic heterocycles. The normalized spacial score (nSPS) is 38.2. The fraction of sp³-hybridized carbons (Fsp3) is 0.941. The summed E-state index contributed by atoms with van der Waals surface area (Å²) in [6, 6.07) is 0.315. The Morgan fingerprint density at radius 1 is 1.33 bits per heavy atom. The molecule has 3 rings (SSSR count). The van der Waals surface area contributed by atoms with Gasteiger partial charge in [0.25, 0.3) is 0 Å². The van der Waals surface area contributed by atoms with Crippen LogP contribution in [0.25, 0.3) is 0 Å². The van der Waals surface area contributed by atoms with Crippen LogP contribution in [0.2, 0.25) is 0 Å². The number of rotatable bonds is 6. The Labute approximate surface area is 128 Å². The van der Waals surface area contributed by atoms with Crippen molar-refractivity contribution in [1.82, 2.24) is 10.2 Å². The Balaban J connectivity index is 1.78. The lowest BCUT2D eigenvalue weighted by molar-refractivity contribution is -0.134. The van der Waals surface area contributed by atoms with Crippen LogP contribution in [0.3, 0.4) is 0 Å². The van der Waals surface area contributed by atoms with Crippen molar-refractivity contribution in [3.63, 3.8) is 0 Å². The number of carbonyl (C=O) groups is 1. The van der Waals surface area contributed by atoms with Gasteiger partial charge >= 0.3 is 0 Å². The number of hydrogen-bond acceptors (Lipinski definition) is 3. The Morgan fingerprint density at radius 2 is 2.10 bits per heavy atom. The van der Waals surface area contributed by atoms with Gasteiger partial charge in [0.1, 0.15) is 0 Å². The van der Waals surface area contributed by atoms with Crippen LogP contribution in [-0.2, 0) is 9.53 Å². The molecule has 2 heterocycles. The number of carbonyl (C=O) groups excluding carboxylic acids is 1. The van der Waals surface area contributed by atoms with E-state index in [1.165, 1.54) is 12.8 Å². The van der Waals surface area contributed by atoms with Crippen LogP contribution in [-0.4, -0.2) is 41.8 Å². The van der Waals surface area contributed by atoms with E-state index in [9.17, 15) is 4.79 Å². The van der Waals surface area contributed by atoms with Crippen LogP contribution in [0.1, 0.15) is 59.3 Å². The van der Waals surface area contributed by atoms with Gasteiger partial charge in [-0.2, -0.15) is 0 Å². The zero-order valence-corrected chi connectivity index (χ0v) is 13.7. The molecule has 4 heteroatoms. The van der Waals surface area contributed by atoms with Crippen molar-refractivity contribution in [2.45, 2.75) is 83.6 Å². The van der Waals surface area contributed by atoms with Crippen LogP contribution in [0.4, 0.5) is 0 Å². The van der Waals surface area contributed by atoms with Gasteiger partial charge in [-0.15, -0.1) is 0 Å². The molecule has 2 aliphatic heterocycles. The summed E-state index contributed by atoms with van der Waals surface area (Å²) in [5.41, 5.74) is 0. The summed E-state index contributed by atoms with van der Waals surface area (Å²) in [7, 11) is 0. The van der Waals surface area contributed by atoms with Crippen molar-refractivity contribution in [3.05, 3.63) is 0 Å². The monoisotopic (exact) mass is 294 g/mol. The fourth-order valence-corrected chi connectivity index (χ4v) is 3.98. The van der Waals surface area contributed by atoms with E-state index in [-0.39, 0.29) is 12.2 Å². The molecule has 1 amide bonds. The minimum atomic E-state index is 0.00648. The third-order valence-corrected chi connectivity index (χ3v) is 5.55. The van der Waals surface area contributed by atoms with E-state index in [1.807, 2.05) is 0 Å². The first-order chi connectivity index (χ1) is 10.2. The third kappa shape index (κ3) is 2.85. The first kappa shape index (κ1) is 15.3. The standard InChI is InChI=1S/C17H30N2O2/c1-4-6-14-18-15(11(3)5-2)17(20)19(14)13-9-10-21-16(13)12-7-8-12/h11-16,18H,4-10H2,1-3H3. The van der Waals surface area contributed by atoms with E-state index in [2.05, 4.69) is 31.0 Å². The van der Waals surface area contributed by atoms with Gasteiger partial charge in [-0.1, -0.05) is 33.6 Å². The number of nitrogens with one attached hydrogen (secondary N) is 1. The maximum Gasteiger partial charge on any atom is 0.241 e. The molecule has 3 aliphatic rings. The number of amides is 1. The third-order valence-electron chi connectivity index (χ3n) is 5.55. The lowest BCUT2D eigenvalue weighted by Crippen LogP contribution is -2.48. The fourth-order valence-electron chi connectivity index (χ4n) is 3.98. The van der Waals surface area contributed by atoms with Gasteiger partial charge in [-0.3, -0.25) is 10.1 Å². The molecule has 1 saturated carbocycles. The molecule has 0 aromatic carbocycles. The Hall–Kier alpha value is -0.610. The summed E-state index contributed by atoms with van der Waals surface area (Å²) in [4.78, 5) is 15.2. The summed E-state index contributed by atoms with van der Waals surface area (Å²) < 4.78 is 5.98. The van der Waals surface area contributed by atoms with Crippen LogP contribution in [0.15, 0.2) is 0 Å². The highest BCUT2D eigenvalue weighted by Gasteiger charge is 2.50. The van der Waals surface area contributed by atoms with Gasteiger partial charge in [0, 0.05) is 6.61 Å². The quantitative estimate of drug-likeness (QED) is 0.818. The maximum atomic E-state index is 13.0. The molecule has 0 radical (unpaired) electrons. The lowest BCUT2D eigenvalue weighted by atomic mass is 9.98. The second kappa shape index (κ2) is 6.25. The Kier molecular flexibility index (Phi) is 4.55. The predicted octanol–water partition coefficient (Wildman–Crippen LogP) is 2.53. The van der Waals surface area contributed by atoms with Crippen LogP contribution >= 0.6 is 0 Å². The summed E-state index contributed by atoms with van der Waals surface area (Å²) in [5, 5.41) is 3.62. The second-order valence-electron chi connectivity index (χ2n) is 7.11. The molecule has 120 valence electrons. The maximum absolute atomic E-state index is 13.0. The topological polar surface area (TPSA) is 41.6 Å². The Bertz CT molecular complexity index is 383. The molecular formula is C17H30N2O2. The van der Waals surface area contributed by atoms with Gasteiger partial charge in [0.2, 0.25) is 5.91 Å². The van der Waals surface area contributed by atoms with Crippen molar-refractivity contribution in [3.8, 4) is 0 Å². The number of ether oxygens (including phenoxy) is 1. The predicted molar refractivity (Wildman–Crippen MR) is 82.8 cm³/mol. The van der Waals surface area contributed by atoms with E-state index >= 15 is 0 Å². The van der Waals surface area contributed by atoms with Crippen molar-refractivity contribution in [2.24, 2.45) is 11.8 Å². The van der Waals surface area contributed by atoms with Crippen molar-refractivity contribution >= 4 is 5.91 Å². The van der Waals surface area contributed by atoms with Crippen molar-refractivity contribution in [1.29, 1.82) is 0 Å². The SMILES string of the molecule is CCCC1NC(C(C)CC)C(=O)N1C1CCOC1C1CC1. The number of nitrogens with zero attached hydrogens (tertiary/aromatic N) is 1. The molecule has 1 aliphatic carbocycles. The smallest absolute Gasteiger partial charge is 0.241 e. The highest BCUT2D eigenvalue weighted by molar-refractivity contribution is 5.85. The van der Waals surface area contributed by atoms with E-state index in [0.717, 1.165) is 32.3 Å². The minimum absolute atomic E-state index is 0.00648. The summed E-state index contributed by atoms with van der Waals surface area (Å²) in [6.45, 7) is 7.38. The lowest BCUT2D eigenvalue weighted by Gasteiger charge is -2.33. The average molecular weight is 294 g/mol. The van der Waals surface area contributed by atoms with Gasteiger partial charge in [0.05, 0.1) is 24.4 Å². The zero-order chi connectivity index (χ0) is 15.0. The van der Waals surface area contributed by atoms with Gasteiger partial charge in [-0.05, 0) is 37.5 Å². The second-order valence-corrected chi connectivity index (χ2v) is 7.11. The minimum Gasteiger partial charge on any atom is -0.376 e. The molecule has 21 heavy (non-hydrogen) atoms. The molecule has 2 saturated heterocycles. The highest BCUT2D eigenvalue weighted by Crippen LogP contribution is 2.42. The Morgan fingerprint density at radius 3 is 2.71 bits per heavy atom. The molecule has 4 nitrogen and oxygen atoms in total. The van der Waals surface area contributed by atoms with E-state index in [1.54, 1.807) is 0 Å². The first-order valence-corrected chi connectivity index (χ1v) is 8.87. The summed E-state index contributed by atoms with van der Waals surface area (Å²) in [5.74, 6) is 1.43. The zero-order valence-electron chi connectivity index (χ0n) is 13.7. The summed E-state index contributed by atoms with van der Waals surface area (Å²) >= 11 is 0. The van der Waals surface area contributed by atoms with Gasteiger partial charge in [0.15, 0.2) is 0 Å². The molecule has 0 aromatic rings. The largest absolute Gasteiger partial charge is 0.376 e. The summed E-state index contributed by atoms with van der Waals surface area (Å²) in [6.07, 6.45) is 7.29. The van der Waals surface area contributed by atoms with Crippen LogP contribution < -0.4 is 5.32 Å². The van der Waals surface area contributed by atoms with Crippen molar-refractivity contribution < 1.29 is 9.53 Å². The van der Waals surface area contributed by atoms with Crippen LogP contribution in [0, 0.1) is 11.8 Å². The van der Waals surface area contributed by atoms with Gasteiger partial charge in [-0.25, -0.2) is 0 Å². The number of hydrogen-bond donors (Lipinski definition) is 1. The molecular weight excluding hydrogens is 264 g/mol. The molecule has 5 unspecified atom stereocenters. The van der Waals surface area contributed by atoms with Crippen LogP contribution in [0.5, 0.6) is 0 Å². The molecule has 0 bridgehead atoms. The first-order valence-electron chi connectivity index (χ1n) is 8.87. The average Bonchev–Trinajstić information content (AvgIpc) is 3.13. The van der Waals surface area contributed by atoms with Crippen molar-refractivity contribution in [2.75, 3.05) is 6.61 Å². The van der Waals surface area contributed by atoms with Gasteiger partial charge < -0.3 is 9.64 Å². The van der Waals surface area contributed by atoms with E-state index < -0.39 is 0 Å². The highest BCUT2D eigenvalue weighted by atomic mass is 16.5.